The van der Waals surface area contributed by atoms with Crippen LogP contribution in [0.2, 0.25) is 0 Å². The fourth-order valence-corrected chi connectivity index (χ4v) is 2.89. The third kappa shape index (κ3) is 2.08. The molecule has 3 atom stereocenters. The Labute approximate surface area is 110 Å². The Morgan fingerprint density at radius 3 is 2.83 bits per heavy atom. The van der Waals surface area contributed by atoms with Crippen LogP contribution in [0.25, 0.3) is 0 Å². The lowest BCUT2D eigenvalue weighted by Crippen LogP contribution is -2.51. The Kier molecular flexibility index (Phi) is 3.78. The van der Waals surface area contributed by atoms with Gasteiger partial charge in [0.2, 0.25) is 0 Å². The van der Waals surface area contributed by atoms with Crippen LogP contribution in [0.4, 0.5) is 0 Å². The van der Waals surface area contributed by atoms with Crippen molar-refractivity contribution < 1.29 is 4.74 Å². The molecular formula is C14H25N3O. The largest absolute Gasteiger partial charge is 0.378 e. The second-order valence-electron chi connectivity index (χ2n) is 5.76. The maximum absolute atomic E-state index is 6.15. The molecule has 1 aliphatic carbocycles. The Bertz CT molecular complexity index is 399. The molecule has 1 heterocycles. The van der Waals surface area contributed by atoms with E-state index in [-0.39, 0.29) is 11.5 Å². The number of nitrogens with zero attached hydrogens (tertiary/aromatic N) is 2. The van der Waals surface area contributed by atoms with E-state index >= 15 is 0 Å². The molecular weight excluding hydrogens is 226 g/mol. The molecule has 18 heavy (non-hydrogen) atoms. The topological polar surface area (TPSA) is 53.1 Å². The van der Waals surface area contributed by atoms with Crippen molar-refractivity contribution in [1.29, 1.82) is 0 Å². The van der Waals surface area contributed by atoms with Gasteiger partial charge in [-0.25, -0.2) is 4.98 Å². The molecule has 0 amide bonds. The van der Waals surface area contributed by atoms with E-state index in [0.717, 1.165) is 25.1 Å². The molecule has 102 valence electrons. The zero-order valence-electron chi connectivity index (χ0n) is 11.9. The van der Waals surface area contributed by atoms with Crippen LogP contribution in [0.15, 0.2) is 12.5 Å². The van der Waals surface area contributed by atoms with Gasteiger partial charge in [-0.2, -0.15) is 0 Å². The standard InChI is InChI=1S/C14H25N3O/c1-5-10(15)11-8-16-9-17(11)12-7-13(18-6-2)14(12,3)4/h8-10,12-13H,5-7,15H2,1-4H3/t10-,12?,13?/m1/s1. The maximum atomic E-state index is 6.15. The molecule has 1 aromatic heterocycles. The summed E-state index contributed by atoms with van der Waals surface area (Å²) in [6.07, 6.45) is 6.16. The molecule has 0 saturated heterocycles. The fraction of sp³-hybridized carbons (Fsp3) is 0.786. The molecule has 1 saturated carbocycles. The number of nitrogens with two attached hydrogens (primary N) is 1. The number of hydrogen-bond acceptors (Lipinski definition) is 3. The van der Waals surface area contributed by atoms with Gasteiger partial charge in [-0.15, -0.1) is 0 Å². The van der Waals surface area contributed by atoms with E-state index in [9.17, 15) is 0 Å². The Hall–Kier alpha value is -0.870. The van der Waals surface area contributed by atoms with Crippen molar-refractivity contribution in [1.82, 2.24) is 9.55 Å². The molecule has 2 rings (SSSR count). The van der Waals surface area contributed by atoms with Crippen molar-refractivity contribution in [2.45, 2.75) is 58.7 Å². The van der Waals surface area contributed by atoms with Crippen molar-refractivity contribution in [2.24, 2.45) is 11.1 Å². The molecule has 4 heteroatoms. The minimum atomic E-state index is 0.0782. The van der Waals surface area contributed by atoms with Crippen LogP contribution in [0.3, 0.4) is 0 Å². The van der Waals surface area contributed by atoms with Crippen molar-refractivity contribution in [3.8, 4) is 0 Å². The average Bonchev–Trinajstić information content (AvgIpc) is 2.81. The summed E-state index contributed by atoms with van der Waals surface area (Å²) in [5, 5.41) is 0. The highest BCUT2D eigenvalue weighted by Gasteiger charge is 2.50. The van der Waals surface area contributed by atoms with Crippen molar-refractivity contribution in [2.75, 3.05) is 6.61 Å². The van der Waals surface area contributed by atoms with Gasteiger partial charge in [-0.05, 0) is 19.8 Å². The first-order chi connectivity index (χ1) is 8.52. The lowest BCUT2D eigenvalue weighted by Gasteiger charge is -2.52. The van der Waals surface area contributed by atoms with E-state index in [1.165, 1.54) is 0 Å². The lowest BCUT2D eigenvalue weighted by atomic mass is 9.64. The smallest absolute Gasteiger partial charge is 0.0951 e. The molecule has 0 spiro atoms. The summed E-state index contributed by atoms with van der Waals surface area (Å²) >= 11 is 0. The van der Waals surface area contributed by atoms with Gasteiger partial charge < -0.3 is 15.0 Å². The molecule has 1 fully saturated rings. The van der Waals surface area contributed by atoms with Crippen LogP contribution < -0.4 is 5.73 Å². The van der Waals surface area contributed by atoms with Gasteiger partial charge in [0, 0.05) is 30.3 Å². The number of imidazole rings is 1. The van der Waals surface area contributed by atoms with Crippen LogP contribution in [0.5, 0.6) is 0 Å². The monoisotopic (exact) mass is 251 g/mol. The first-order valence-corrected chi connectivity index (χ1v) is 6.91. The van der Waals surface area contributed by atoms with E-state index < -0.39 is 0 Å². The van der Waals surface area contributed by atoms with Gasteiger partial charge in [0.25, 0.3) is 0 Å². The Morgan fingerprint density at radius 1 is 1.56 bits per heavy atom. The SMILES string of the molecule is CCOC1CC(n2cncc2[C@H](N)CC)C1(C)C. The molecule has 0 aliphatic heterocycles. The summed E-state index contributed by atoms with van der Waals surface area (Å²) in [7, 11) is 0. The highest BCUT2D eigenvalue weighted by molar-refractivity contribution is 5.12. The third-order valence-electron chi connectivity index (χ3n) is 4.35. The van der Waals surface area contributed by atoms with Gasteiger partial charge >= 0.3 is 0 Å². The molecule has 0 bridgehead atoms. The van der Waals surface area contributed by atoms with Gasteiger partial charge in [0.05, 0.1) is 18.1 Å². The molecule has 0 aromatic carbocycles. The van der Waals surface area contributed by atoms with Crippen molar-refractivity contribution in [3.63, 3.8) is 0 Å². The van der Waals surface area contributed by atoms with E-state index in [2.05, 4.69) is 37.2 Å². The first-order valence-electron chi connectivity index (χ1n) is 6.91. The van der Waals surface area contributed by atoms with Crippen LogP contribution in [-0.2, 0) is 4.74 Å². The molecule has 2 N–H and O–H groups in total. The summed E-state index contributed by atoms with van der Waals surface area (Å²) in [5.41, 5.74) is 7.44. The number of rotatable bonds is 5. The van der Waals surface area contributed by atoms with Crippen molar-refractivity contribution in [3.05, 3.63) is 18.2 Å². The molecule has 4 nitrogen and oxygen atoms in total. The zero-order valence-corrected chi connectivity index (χ0v) is 11.9. The molecule has 1 aromatic rings. The Morgan fingerprint density at radius 2 is 2.28 bits per heavy atom. The van der Waals surface area contributed by atoms with Crippen LogP contribution in [0, 0.1) is 5.41 Å². The predicted octanol–water partition coefficient (Wildman–Crippen LogP) is 2.67. The van der Waals surface area contributed by atoms with Crippen LogP contribution >= 0.6 is 0 Å². The van der Waals surface area contributed by atoms with Gasteiger partial charge in [-0.3, -0.25) is 0 Å². The highest BCUT2D eigenvalue weighted by atomic mass is 16.5. The molecule has 2 unspecified atom stereocenters. The summed E-state index contributed by atoms with van der Waals surface area (Å²) in [5.74, 6) is 0. The van der Waals surface area contributed by atoms with E-state index in [1.54, 1.807) is 0 Å². The fourth-order valence-electron chi connectivity index (χ4n) is 2.89. The van der Waals surface area contributed by atoms with E-state index in [4.69, 9.17) is 10.5 Å². The van der Waals surface area contributed by atoms with Gasteiger partial charge in [0.1, 0.15) is 0 Å². The first kappa shape index (κ1) is 13.6. The minimum Gasteiger partial charge on any atom is -0.378 e. The second kappa shape index (κ2) is 5.02. The lowest BCUT2D eigenvalue weighted by molar-refractivity contribution is -0.128. The van der Waals surface area contributed by atoms with Crippen molar-refractivity contribution >= 4 is 0 Å². The summed E-state index contributed by atoms with van der Waals surface area (Å²) < 4.78 is 8.04. The van der Waals surface area contributed by atoms with Crippen LogP contribution in [-0.4, -0.2) is 22.3 Å². The second-order valence-corrected chi connectivity index (χ2v) is 5.76. The number of hydrogen-bond donors (Lipinski definition) is 1. The summed E-state index contributed by atoms with van der Waals surface area (Å²) in [6, 6.07) is 0.526. The van der Waals surface area contributed by atoms with E-state index in [0.29, 0.717) is 12.1 Å². The quantitative estimate of drug-likeness (QED) is 0.875. The zero-order chi connectivity index (χ0) is 13.3. The Balaban J connectivity index is 2.17. The third-order valence-corrected chi connectivity index (χ3v) is 4.35. The molecule has 0 radical (unpaired) electrons. The maximum Gasteiger partial charge on any atom is 0.0951 e. The highest BCUT2D eigenvalue weighted by Crippen LogP contribution is 2.51. The van der Waals surface area contributed by atoms with Gasteiger partial charge in [0.15, 0.2) is 0 Å². The molecule has 1 aliphatic rings. The predicted molar refractivity (Wildman–Crippen MR) is 72.3 cm³/mol. The summed E-state index contributed by atoms with van der Waals surface area (Å²) in [4.78, 5) is 4.27. The summed E-state index contributed by atoms with van der Waals surface area (Å²) in [6.45, 7) is 9.48. The van der Waals surface area contributed by atoms with Crippen LogP contribution in [0.1, 0.15) is 58.3 Å². The number of aromatic nitrogens is 2. The normalized spacial score (nSPS) is 27.8. The van der Waals surface area contributed by atoms with Gasteiger partial charge in [-0.1, -0.05) is 20.8 Å². The number of ether oxygens (including phenoxy) is 1. The van der Waals surface area contributed by atoms with E-state index in [1.807, 2.05) is 12.5 Å². The average molecular weight is 251 g/mol. The minimum absolute atomic E-state index is 0.0782.